The molecule has 54 heavy (non-hydrogen) atoms. The number of carbonyl (C=O) groups excluding carboxylic acids is 5. The van der Waals surface area contributed by atoms with E-state index in [4.69, 9.17) is 15.6 Å². The number of nitrogens with two attached hydrogens (primary N) is 1. The van der Waals surface area contributed by atoms with Gasteiger partial charge in [-0.3, -0.25) is 34.2 Å². The number of nitrogen functional groups attached to an aromatic ring is 1. The molecule has 5 amide bonds. The predicted molar refractivity (Wildman–Crippen MR) is 200 cm³/mol. The minimum absolute atomic E-state index is 0.0220. The van der Waals surface area contributed by atoms with Gasteiger partial charge in [0.05, 0.1) is 22.6 Å². The minimum atomic E-state index is -1.03. The Kier molecular flexibility index (Phi) is 9.54. The highest BCUT2D eigenvalue weighted by atomic mass is 32.2. The highest BCUT2D eigenvalue weighted by Gasteiger charge is 2.45. The molecule has 14 nitrogen and oxygen atoms in total. The van der Waals surface area contributed by atoms with Crippen LogP contribution >= 0.6 is 11.8 Å². The number of thioether (sulfide) groups is 1. The monoisotopic (exact) mass is 744 g/mol. The lowest BCUT2D eigenvalue weighted by molar-refractivity contribution is -0.136. The first kappa shape index (κ1) is 35.0. The van der Waals surface area contributed by atoms with Crippen LogP contribution in [0.3, 0.4) is 0 Å². The number of ether oxygens (including phenoxy) is 1. The van der Waals surface area contributed by atoms with Gasteiger partial charge < -0.3 is 15.4 Å². The summed E-state index contributed by atoms with van der Waals surface area (Å²) in [6, 6.07) is 21.1. The van der Waals surface area contributed by atoms with E-state index in [-0.39, 0.29) is 35.9 Å². The topological polar surface area (TPSA) is 183 Å². The van der Waals surface area contributed by atoms with E-state index in [1.54, 1.807) is 18.2 Å². The fourth-order valence-corrected chi connectivity index (χ4v) is 8.33. The molecule has 8 rings (SSSR count). The second-order valence-corrected chi connectivity index (χ2v) is 14.5. The lowest BCUT2D eigenvalue weighted by atomic mass is 10.0. The van der Waals surface area contributed by atoms with E-state index in [1.165, 1.54) is 18.1 Å². The summed E-state index contributed by atoms with van der Waals surface area (Å²) in [6.45, 7) is 1.10. The van der Waals surface area contributed by atoms with E-state index in [0.29, 0.717) is 64.9 Å². The van der Waals surface area contributed by atoms with Crippen molar-refractivity contribution in [3.63, 3.8) is 0 Å². The van der Waals surface area contributed by atoms with Crippen molar-refractivity contribution in [3.05, 3.63) is 90.3 Å². The van der Waals surface area contributed by atoms with Crippen LogP contribution in [-0.2, 0) is 14.4 Å². The maximum Gasteiger partial charge on any atom is 0.263 e. The van der Waals surface area contributed by atoms with Crippen LogP contribution < -0.4 is 15.8 Å². The second kappa shape index (κ2) is 14.7. The molecule has 2 atom stereocenters. The van der Waals surface area contributed by atoms with Crippen molar-refractivity contribution in [2.75, 3.05) is 24.6 Å². The number of aromatic nitrogens is 4. The molecule has 0 spiro atoms. The zero-order valence-electron chi connectivity index (χ0n) is 29.1. The van der Waals surface area contributed by atoms with Crippen molar-refractivity contribution >= 4 is 58.1 Å². The number of nitrogens with one attached hydrogen (secondary N) is 1. The van der Waals surface area contributed by atoms with Crippen LogP contribution in [0, 0.1) is 0 Å². The smallest absolute Gasteiger partial charge is 0.263 e. The summed E-state index contributed by atoms with van der Waals surface area (Å²) in [5, 5.41) is 7.88. The Morgan fingerprint density at radius 1 is 0.926 bits per heavy atom. The van der Waals surface area contributed by atoms with E-state index in [0.717, 1.165) is 29.1 Å². The van der Waals surface area contributed by atoms with Crippen LogP contribution in [0.25, 0.3) is 22.3 Å². The highest BCUT2D eigenvalue weighted by Crippen LogP contribution is 2.37. The molecule has 2 fully saturated rings. The molecule has 0 bridgehead atoms. The second-order valence-electron chi connectivity index (χ2n) is 13.4. The first-order chi connectivity index (χ1) is 26.3. The Bertz CT molecular complexity index is 2300. The van der Waals surface area contributed by atoms with Gasteiger partial charge >= 0.3 is 0 Å². The summed E-state index contributed by atoms with van der Waals surface area (Å²) >= 11 is 1.40. The number of amides is 5. The summed E-state index contributed by atoms with van der Waals surface area (Å²) in [5.74, 6) is 0.157. The number of fused-ring (bicyclic) bond motifs is 2. The van der Waals surface area contributed by atoms with Gasteiger partial charge in [-0.15, -0.1) is 11.8 Å². The van der Waals surface area contributed by atoms with Gasteiger partial charge in [-0.2, -0.15) is 5.10 Å². The van der Waals surface area contributed by atoms with E-state index in [9.17, 15) is 24.0 Å². The van der Waals surface area contributed by atoms with Crippen LogP contribution in [0.2, 0.25) is 0 Å². The van der Waals surface area contributed by atoms with Crippen LogP contribution in [0.5, 0.6) is 11.5 Å². The molecule has 5 heterocycles. The molecule has 0 saturated carbocycles. The van der Waals surface area contributed by atoms with Gasteiger partial charge in [0.15, 0.2) is 5.65 Å². The van der Waals surface area contributed by atoms with Crippen LogP contribution in [0.1, 0.15) is 65.3 Å². The number of carbonyl (C=O) groups is 5. The molecule has 2 unspecified atom stereocenters. The van der Waals surface area contributed by atoms with Gasteiger partial charge in [-0.1, -0.05) is 24.3 Å². The molecule has 3 aliphatic rings. The standard InChI is InChI=1S/C39H36N8O6S/c40-35-33-34(23-13-15-26(16-14-23)53-25-8-2-1-3-9-25)44-47(36(33)42-22-41-35)24-7-5-19-45(21-24)31(49)12-6-20-54-29-11-4-10-27-32(29)39(52)46(38(27)51)28-17-18-30(48)43-37(28)50/h1-4,8-11,13-16,22,24,28H,5-7,12,17-21H2,(H2,40,41,42)(H,43,48,50). The number of para-hydroxylation sites is 1. The molecule has 0 radical (unpaired) electrons. The summed E-state index contributed by atoms with van der Waals surface area (Å²) in [6.07, 6.45) is 4.04. The summed E-state index contributed by atoms with van der Waals surface area (Å²) in [7, 11) is 0. The molecule has 5 aromatic rings. The Hall–Kier alpha value is -6.09. The number of likely N-dealkylation sites (tertiary alicyclic amines) is 1. The van der Waals surface area contributed by atoms with Crippen molar-refractivity contribution in [3.8, 4) is 22.8 Å². The first-order valence-corrected chi connectivity index (χ1v) is 18.8. The molecule has 3 aromatic carbocycles. The average molecular weight is 745 g/mol. The maximum absolute atomic E-state index is 13.5. The van der Waals surface area contributed by atoms with Gasteiger partial charge in [0.25, 0.3) is 11.8 Å². The quantitative estimate of drug-likeness (QED) is 0.111. The van der Waals surface area contributed by atoms with Gasteiger partial charge in [0.2, 0.25) is 17.7 Å². The predicted octanol–water partition coefficient (Wildman–Crippen LogP) is 5.01. The Morgan fingerprint density at radius 3 is 2.52 bits per heavy atom. The molecule has 2 aromatic heterocycles. The van der Waals surface area contributed by atoms with Crippen molar-refractivity contribution in [1.82, 2.24) is 34.9 Å². The van der Waals surface area contributed by atoms with Gasteiger partial charge in [-0.05, 0) is 80.0 Å². The van der Waals surface area contributed by atoms with Crippen LogP contribution in [-0.4, -0.2) is 84.0 Å². The van der Waals surface area contributed by atoms with Crippen molar-refractivity contribution < 1.29 is 28.7 Å². The highest BCUT2D eigenvalue weighted by molar-refractivity contribution is 7.99. The summed E-state index contributed by atoms with van der Waals surface area (Å²) in [5.41, 5.74) is 8.98. The Morgan fingerprint density at radius 2 is 1.72 bits per heavy atom. The zero-order valence-corrected chi connectivity index (χ0v) is 30.0. The van der Waals surface area contributed by atoms with E-state index >= 15 is 0 Å². The number of benzene rings is 3. The van der Waals surface area contributed by atoms with E-state index in [2.05, 4.69) is 15.3 Å². The first-order valence-electron chi connectivity index (χ1n) is 17.8. The van der Waals surface area contributed by atoms with Gasteiger partial charge in [-0.25, -0.2) is 14.6 Å². The average Bonchev–Trinajstić information content (AvgIpc) is 3.70. The number of hydrogen-bond donors (Lipinski definition) is 2. The number of nitrogens with zero attached hydrogens (tertiary/aromatic N) is 6. The molecular formula is C39H36N8O6S. The third-order valence-corrected chi connectivity index (χ3v) is 11.1. The molecule has 3 aliphatic heterocycles. The molecule has 15 heteroatoms. The third kappa shape index (κ3) is 6.66. The van der Waals surface area contributed by atoms with Crippen LogP contribution in [0.15, 0.2) is 84.0 Å². The number of anilines is 1. The van der Waals surface area contributed by atoms with Crippen LogP contribution in [0.4, 0.5) is 5.82 Å². The number of piperidine rings is 2. The Labute approximate surface area is 314 Å². The van der Waals surface area contributed by atoms with Gasteiger partial charge in [0.1, 0.15) is 35.4 Å². The Balaban J connectivity index is 0.913. The molecule has 274 valence electrons. The number of rotatable bonds is 10. The molecule has 3 N–H and O–H groups in total. The summed E-state index contributed by atoms with van der Waals surface area (Å²) < 4.78 is 7.84. The molecular weight excluding hydrogens is 709 g/mol. The SMILES string of the molecule is Nc1ncnc2c1c(-c1ccc(Oc3ccccc3)cc1)nn2C1CCCN(C(=O)CCCSc2cccc3c2C(=O)N(C2CCC(=O)NC2=O)C3=O)C1. The maximum atomic E-state index is 13.5. The van der Waals surface area contributed by atoms with E-state index in [1.807, 2.05) is 64.2 Å². The summed E-state index contributed by atoms with van der Waals surface area (Å²) in [4.78, 5) is 76.5. The lowest BCUT2D eigenvalue weighted by Crippen LogP contribution is -2.54. The third-order valence-electron chi connectivity index (χ3n) is 9.94. The largest absolute Gasteiger partial charge is 0.457 e. The zero-order chi connectivity index (χ0) is 37.3. The fraction of sp³-hybridized carbons (Fsp3) is 0.282. The number of hydrogen-bond acceptors (Lipinski definition) is 11. The minimum Gasteiger partial charge on any atom is -0.457 e. The molecule has 0 aliphatic carbocycles. The van der Waals surface area contributed by atoms with Crippen molar-refractivity contribution in [2.24, 2.45) is 0 Å². The van der Waals surface area contributed by atoms with Crippen molar-refractivity contribution in [1.29, 1.82) is 0 Å². The lowest BCUT2D eigenvalue weighted by Gasteiger charge is -2.33. The van der Waals surface area contributed by atoms with Gasteiger partial charge in [0, 0.05) is 36.4 Å². The normalized spacial score (nSPS) is 18.6. The number of imide groups is 2. The molecule has 2 saturated heterocycles. The van der Waals surface area contributed by atoms with Crippen molar-refractivity contribution in [2.45, 2.75) is 55.5 Å². The van der Waals surface area contributed by atoms with E-state index < -0.39 is 29.7 Å². The fourth-order valence-electron chi connectivity index (χ4n) is 7.31.